The first-order valence-electron chi connectivity index (χ1n) is 15.6. The number of aliphatic hydroxyl groups is 2. The minimum absolute atomic E-state index is 0.0112. The molecule has 1 saturated carbocycles. The van der Waals surface area contributed by atoms with E-state index in [0.717, 1.165) is 67.8 Å². The number of amides is 1. The molecule has 1 amide bonds. The number of alkyl halides is 3. The van der Waals surface area contributed by atoms with Gasteiger partial charge in [-0.25, -0.2) is 9.78 Å². The number of hydrogen-bond acceptors (Lipinski definition) is 10. The molecule has 1 saturated heterocycles. The number of nitrogens with two attached hydrogens (primary N) is 1. The summed E-state index contributed by atoms with van der Waals surface area (Å²) in [6.45, 7) is 12.9. The number of allylic oxidation sites excluding steroid dienone is 2. The van der Waals surface area contributed by atoms with E-state index in [2.05, 4.69) is 41.0 Å². The summed E-state index contributed by atoms with van der Waals surface area (Å²) >= 11 is 1.78. The molecule has 45 heavy (non-hydrogen) atoms. The minimum Gasteiger partial charge on any atom is -0.448 e. The molecule has 0 bridgehead atoms. The van der Waals surface area contributed by atoms with Crippen LogP contribution in [0.4, 0.5) is 29.7 Å². The van der Waals surface area contributed by atoms with Gasteiger partial charge in [-0.1, -0.05) is 33.4 Å². The number of rotatable bonds is 13. The maximum Gasteiger partial charge on any atom is 0.409 e. The van der Waals surface area contributed by atoms with Gasteiger partial charge in [-0.15, -0.1) is 0 Å². The third-order valence-electron chi connectivity index (χ3n) is 6.55. The van der Waals surface area contributed by atoms with E-state index >= 15 is 0 Å². The predicted molar refractivity (Wildman–Crippen MR) is 176 cm³/mol. The average Bonchev–Trinajstić information content (AvgIpc) is 3.35. The second kappa shape index (κ2) is 20.4. The van der Waals surface area contributed by atoms with Crippen molar-refractivity contribution < 1.29 is 32.9 Å². The second-order valence-electron chi connectivity index (χ2n) is 11.5. The van der Waals surface area contributed by atoms with Crippen molar-refractivity contribution in [2.45, 2.75) is 103 Å². The summed E-state index contributed by atoms with van der Waals surface area (Å²) in [5.74, 6) is 1.32. The molecule has 2 heterocycles. The van der Waals surface area contributed by atoms with E-state index in [0.29, 0.717) is 37.0 Å². The Morgan fingerprint density at radius 2 is 1.82 bits per heavy atom. The van der Waals surface area contributed by atoms with Gasteiger partial charge < -0.3 is 36.2 Å². The van der Waals surface area contributed by atoms with E-state index in [-0.39, 0.29) is 18.1 Å². The molecule has 6 N–H and O–H groups in total. The van der Waals surface area contributed by atoms with Crippen molar-refractivity contribution >= 4 is 29.6 Å². The summed E-state index contributed by atoms with van der Waals surface area (Å²) in [5, 5.41) is 22.0. The van der Waals surface area contributed by atoms with Crippen LogP contribution in [0.3, 0.4) is 0 Å². The molecule has 14 heteroatoms. The van der Waals surface area contributed by atoms with Crippen molar-refractivity contribution in [2.24, 2.45) is 11.7 Å². The fourth-order valence-corrected chi connectivity index (χ4v) is 5.47. The summed E-state index contributed by atoms with van der Waals surface area (Å²) in [6.07, 6.45) is 5.72. The van der Waals surface area contributed by atoms with E-state index in [9.17, 15) is 18.0 Å². The normalized spacial score (nSPS) is 18.4. The van der Waals surface area contributed by atoms with Crippen LogP contribution in [0, 0.1) is 5.92 Å². The molecule has 0 aromatic carbocycles. The number of carbonyl (C=O) groups is 1. The molecule has 3 rings (SSSR count). The Hall–Kier alpha value is -2.71. The summed E-state index contributed by atoms with van der Waals surface area (Å²) in [4.78, 5) is 22.3. The zero-order valence-electron chi connectivity index (χ0n) is 27.4. The number of carbonyl (C=O) groups excluding carboxylic acids is 1. The number of hydrogen-bond donors (Lipinski definition) is 5. The van der Waals surface area contributed by atoms with Gasteiger partial charge in [-0.3, -0.25) is 0 Å². The zero-order valence-corrected chi connectivity index (χ0v) is 28.2. The van der Waals surface area contributed by atoms with Gasteiger partial charge in [0, 0.05) is 29.6 Å². The van der Waals surface area contributed by atoms with Gasteiger partial charge in [0.1, 0.15) is 19.0 Å². The van der Waals surface area contributed by atoms with Gasteiger partial charge in [0.05, 0.1) is 12.2 Å². The number of ether oxygens (including phenoxy) is 1. The van der Waals surface area contributed by atoms with Crippen molar-refractivity contribution in [1.29, 1.82) is 0 Å². The summed E-state index contributed by atoms with van der Waals surface area (Å²) in [6, 6.07) is 0.191. The molecule has 0 spiro atoms. The number of nitrogens with one attached hydrogen (secondary N) is 2. The van der Waals surface area contributed by atoms with Crippen LogP contribution >= 0.6 is 11.8 Å². The first kappa shape index (κ1) is 40.3. The molecular weight excluding hydrogens is 609 g/mol. The first-order chi connectivity index (χ1) is 21.1. The fourth-order valence-electron chi connectivity index (χ4n) is 4.53. The van der Waals surface area contributed by atoms with Gasteiger partial charge in [-0.2, -0.15) is 29.9 Å². The Morgan fingerprint density at radius 3 is 2.29 bits per heavy atom. The van der Waals surface area contributed by atoms with Crippen LogP contribution in [0.2, 0.25) is 0 Å². The lowest BCUT2D eigenvalue weighted by molar-refractivity contribution is -0.127. The van der Waals surface area contributed by atoms with Crippen LogP contribution in [-0.2, 0) is 16.9 Å². The quantitative estimate of drug-likeness (QED) is 0.0939. The maximum absolute atomic E-state index is 12.7. The van der Waals surface area contributed by atoms with Crippen LogP contribution in [0.15, 0.2) is 24.4 Å². The number of halogens is 3. The maximum atomic E-state index is 12.7. The van der Waals surface area contributed by atoms with Crippen LogP contribution in [0.5, 0.6) is 0 Å². The van der Waals surface area contributed by atoms with Crippen LogP contribution in [0.1, 0.15) is 84.4 Å². The van der Waals surface area contributed by atoms with Gasteiger partial charge >= 0.3 is 12.3 Å². The minimum atomic E-state index is -4.33. The monoisotopic (exact) mass is 662 g/mol. The standard InChI is InChI=1S/C22H34F3N5O2S.C6H11N.C3H8O2/c1-3-11-33-13-17-18(4-2)28-20(26-14-22(23,24)25)29-19(17)27-16-7-5-15(6-8-16)12-30-9-10-32-21(30)31;1-3-4-5-6(2)7;1-3(2,4)5/h15-16H,3-14H2,1-2H3,(H2,26,27,28,29);4-5H,2-3,7H2,1H3;4-5H,1-2H3/b;5-4-;. The number of anilines is 2. The molecule has 10 nitrogen and oxygen atoms in total. The van der Waals surface area contributed by atoms with E-state index in [1.165, 1.54) is 13.8 Å². The van der Waals surface area contributed by atoms with Crippen molar-refractivity contribution in [2.75, 3.05) is 42.6 Å². The highest BCUT2D eigenvalue weighted by Gasteiger charge is 2.30. The number of cyclic esters (lactones) is 1. The second-order valence-corrected chi connectivity index (χ2v) is 12.6. The Kier molecular flexibility index (Phi) is 18.3. The summed E-state index contributed by atoms with van der Waals surface area (Å²) < 4.78 is 43.2. The number of aryl methyl sites for hydroxylation is 1. The van der Waals surface area contributed by atoms with Crippen LogP contribution < -0.4 is 16.4 Å². The highest BCUT2D eigenvalue weighted by molar-refractivity contribution is 7.98. The molecule has 1 aromatic rings. The zero-order chi connectivity index (χ0) is 34.0. The lowest BCUT2D eigenvalue weighted by Gasteiger charge is -2.31. The van der Waals surface area contributed by atoms with Gasteiger partial charge in [-0.05, 0) is 76.5 Å². The van der Waals surface area contributed by atoms with Crippen LogP contribution in [0.25, 0.3) is 0 Å². The van der Waals surface area contributed by atoms with Gasteiger partial charge in [0.2, 0.25) is 5.95 Å². The van der Waals surface area contributed by atoms with E-state index < -0.39 is 18.5 Å². The van der Waals surface area contributed by atoms with Crippen molar-refractivity contribution in [3.05, 3.63) is 35.7 Å². The van der Waals surface area contributed by atoms with Gasteiger partial charge in [0.25, 0.3) is 0 Å². The Morgan fingerprint density at radius 1 is 1.18 bits per heavy atom. The Balaban J connectivity index is 0.000000714. The topological polar surface area (TPSA) is 146 Å². The largest absolute Gasteiger partial charge is 0.448 e. The SMILES string of the molecule is C=C(N)/C=C\CC.CC(C)(O)O.CCCSCc1c(CC)nc(NCC(F)(F)F)nc1NC1CCC(CN2CCOC2=O)CC1. The van der Waals surface area contributed by atoms with Crippen molar-refractivity contribution in [3.63, 3.8) is 0 Å². The van der Waals surface area contributed by atoms with Crippen molar-refractivity contribution in [1.82, 2.24) is 14.9 Å². The van der Waals surface area contributed by atoms with E-state index in [4.69, 9.17) is 20.7 Å². The highest BCUT2D eigenvalue weighted by atomic mass is 32.2. The lowest BCUT2D eigenvalue weighted by atomic mass is 9.85. The molecule has 0 unspecified atom stereocenters. The average molecular weight is 663 g/mol. The fraction of sp³-hybridized carbons (Fsp3) is 0.710. The van der Waals surface area contributed by atoms with Gasteiger partial charge in [0.15, 0.2) is 5.79 Å². The van der Waals surface area contributed by atoms with Crippen molar-refractivity contribution in [3.8, 4) is 0 Å². The predicted octanol–water partition coefficient (Wildman–Crippen LogP) is 6.21. The summed E-state index contributed by atoms with van der Waals surface area (Å²) in [5.41, 5.74) is 7.59. The Bertz CT molecular complexity index is 1050. The molecule has 2 aliphatic rings. The van der Waals surface area contributed by atoms with E-state index in [1.54, 1.807) is 22.7 Å². The van der Waals surface area contributed by atoms with Crippen LogP contribution in [-0.4, -0.2) is 81.2 Å². The number of thioether (sulfide) groups is 1. The molecule has 2 fully saturated rings. The molecule has 258 valence electrons. The summed E-state index contributed by atoms with van der Waals surface area (Å²) in [7, 11) is 0. The lowest BCUT2D eigenvalue weighted by Crippen LogP contribution is -2.35. The molecule has 1 aromatic heterocycles. The first-order valence-corrected chi connectivity index (χ1v) is 16.7. The third kappa shape index (κ3) is 18.8. The smallest absolute Gasteiger partial charge is 0.409 e. The molecule has 1 aliphatic carbocycles. The Labute approximate surface area is 270 Å². The molecular formula is C31H53F3N6O4S. The molecule has 1 aliphatic heterocycles. The molecule has 0 atom stereocenters. The van der Waals surface area contributed by atoms with E-state index in [1.807, 2.05) is 13.0 Å². The highest BCUT2D eigenvalue weighted by Crippen LogP contribution is 2.31. The number of aromatic nitrogens is 2. The molecule has 0 radical (unpaired) electrons. The number of nitrogens with zero attached hydrogens (tertiary/aromatic N) is 3. The third-order valence-corrected chi connectivity index (χ3v) is 7.74.